The van der Waals surface area contributed by atoms with E-state index < -0.39 is 20.2 Å². The Labute approximate surface area is 207 Å². The van der Waals surface area contributed by atoms with Crippen molar-refractivity contribution >= 4 is 25.9 Å². The zero-order valence-electron chi connectivity index (χ0n) is 19.7. The van der Waals surface area contributed by atoms with Gasteiger partial charge in [-0.25, -0.2) is 5.01 Å². The minimum atomic E-state index is -4.02. The highest BCUT2D eigenvalue weighted by atomic mass is 32.2. The van der Waals surface area contributed by atoms with Crippen LogP contribution in [0.25, 0.3) is 0 Å². The minimum Gasteiger partial charge on any atom is -0.317 e. The number of aromatic nitrogens is 1. The largest absolute Gasteiger partial charge is 0.317 e. The van der Waals surface area contributed by atoms with Gasteiger partial charge in [0.15, 0.2) is 0 Å². The highest BCUT2D eigenvalue weighted by molar-refractivity contribution is 7.86. The van der Waals surface area contributed by atoms with E-state index in [1.807, 2.05) is 32.2 Å². The normalized spacial score (nSPS) is 14.1. The Morgan fingerprint density at radius 2 is 1.20 bits per heavy atom. The maximum Gasteiger partial charge on any atom is 0.294 e. The molecule has 1 aliphatic rings. The molecule has 0 bridgehead atoms. The first-order valence-corrected chi connectivity index (χ1v) is 13.8. The molecule has 1 aromatic heterocycles. The predicted octanol–water partition coefficient (Wildman–Crippen LogP) is 4.38. The highest BCUT2D eigenvalue weighted by Crippen LogP contribution is 2.12. The van der Waals surface area contributed by atoms with Crippen LogP contribution in [0.2, 0.25) is 0 Å². The zero-order valence-corrected chi connectivity index (χ0v) is 21.3. The Kier molecular flexibility index (Phi) is 10.8. The third-order valence-electron chi connectivity index (χ3n) is 4.94. The molecule has 0 saturated carbocycles. The molecule has 0 aliphatic carbocycles. The molecule has 4 rings (SSSR count). The Bertz CT molecular complexity index is 1170. The molecule has 35 heavy (non-hydrogen) atoms. The van der Waals surface area contributed by atoms with E-state index in [-0.39, 0.29) is 9.79 Å². The summed E-state index contributed by atoms with van der Waals surface area (Å²) in [5.74, 6) is 0. The predicted molar refractivity (Wildman–Crippen MR) is 135 cm³/mol. The lowest BCUT2D eigenvalue weighted by Gasteiger charge is -2.27. The third-order valence-corrected chi connectivity index (χ3v) is 6.68. The van der Waals surface area contributed by atoms with Gasteiger partial charge in [-0.1, -0.05) is 41.8 Å². The van der Waals surface area contributed by atoms with Crippen molar-refractivity contribution in [3.05, 3.63) is 84.2 Å². The van der Waals surface area contributed by atoms with Crippen molar-refractivity contribution in [1.29, 1.82) is 0 Å². The topological polar surface area (TPSA) is 137 Å². The second-order valence-electron chi connectivity index (χ2n) is 7.98. The first kappa shape index (κ1) is 28.4. The summed E-state index contributed by atoms with van der Waals surface area (Å²) in [5, 5.41) is 2.26. The number of nitrogens with zero attached hydrogens (tertiary/aromatic N) is 2. The molecule has 3 aromatic rings. The Morgan fingerprint density at radius 3 is 1.57 bits per heavy atom. The van der Waals surface area contributed by atoms with Gasteiger partial charge in [-0.2, -0.15) is 16.8 Å². The fraction of sp³-hybridized carbons (Fsp3) is 0.292. The van der Waals surface area contributed by atoms with E-state index in [0.29, 0.717) is 0 Å². The first-order chi connectivity index (χ1) is 16.4. The van der Waals surface area contributed by atoms with Gasteiger partial charge < -0.3 is 5.43 Å². The van der Waals surface area contributed by atoms with Crippen molar-refractivity contribution in [3.63, 3.8) is 0 Å². The van der Waals surface area contributed by atoms with Crippen LogP contribution in [0.15, 0.2) is 82.8 Å². The van der Waals surface area contributed by atoms with Crippen LogP contribution in [0, 0.1) is 13.8 Å². The van der Waals surface area contributed by atoms with Crippen molar-refractivity contribution in [2.75, 3.05) is 18.5 Å². The van der Waals surface area contributed by atoms with Crippen molar-refractivity contribution in [2.24, 2.45) is 0 Å². The number of pyridine rings is 1. The fourth-order valence-corrected chi connectivity index (χ4v) is 4.00. The number of hydrogen-bond acceptors (Lipinski definition) is 7. The molecular weight excluding hydrogens is 490 g/mol. The van der Waals surface area contributed by atoms with Gasteiger partial charge in [-0.15, -0.1) is 0 Å². The molecule has 2 aromatic carbocycles. The van der Waals surface area contributed by atoms with E-state index >= 15 is 0 Å². The summed E-state index contributed by atoms with van der Waals surface area (Å²) in [6.07, 6.45) is 7.61. The summed E-state index contributed by atoms with van der Waals surface area (Å²) in [6.45, 7) is 5.98. The van der Waals surface area contributed by atoms with Crippen LogP contribution in [0.4, 0.5) is 5.69 Å². The molecule has 1 fully saturated rings. The van der Waals surface area contributed by atoms with Crippen LogP contribution in [0.5, 0.6) is 0 Å². The molecule has 0 radical (unpaired) electrons. The molecule has 1 aliphatic heterocycles. The van der Waals surface area contributed by atoms with Gasteiger partial charge in [-0.3, -0.25) is 14.1 Å². The third kappa shape index (κ3) is 11.0. The highest BCUT2D eigenvalue weighted by Gasteiger charge is 2.09. The SMILES string of the molecule is Cc1ccc(S(=O)(=O)O)cc1.Cc1ccc(S(=O)(=O)O)cc1.c1cncc(NN2CCCCC2)c1. The number of hydrazine groups is 1. The van der Waals surface area contributed by atoms with Crippen LogP contribution in [0.1, 0.15) is 30.4 Å². The Balaban J connectivity index is 0.000000186. The number of piperidine rings is 1. The zero-order chi connectivity index (χ0) is 25.9. The minimum absolute atomic E-state index is 0.0666. The molecule has 190 valence electrons. The quantitative estimate of drug-likeness (QED) is 0.427. The molecule has 0 unspecified atom stereocenters. The smallest absolute Gasteiger partial charge is 0.294 e. The number of benzene rings is 2. The van der Waals surface area contributed by atoms with Crippen molar-refractivity contribution in [2.45, 2.75) is 42.9 Å². The fourth-order valence-electron chi connectivity index (χ4n) is 3.04. The molecule has 0 amide bonds. The van der Waals surface area contributed by atoms with E-state index in [0.717, 1.165) is 29.9 Å². The molecule has 0 atom stereocenters. The summed E-state index contributed by atoms with van der Waals surface area (Å²) in [4.78, 5) is 3.93. The monoisotopic (exact) mass is 521 g/mol. The van der Waals surface area contributed by atoms with Gasteiger partial charge in [0.1, 0.15) is 0 Å². The van der Waals surface area contributed by atoms with E-state index in [4.69, 9.17) is 9.11 Å². The molecular formula is C24H31N3O6S2. The number of hydrogen-bond donors (Lipinski definition) is 3. The summed E-state index contributed by atoms with van der Waals surface area (Å²) in [7, 11) is -8.04. The lowest BCUT2D eigenvalue weighted by molar-refractivity contribution is 0.273. The number of rotatable bonds is 4. The van der Waals surface area contributed by atoms with E-state index in [2.05, 4.69) is 15.4 Å². The van der Waals surface area contributed by atoms with Gasteiger partial charge >= 0.3 is 0 Å². The van der Waals surface area contributed by atoms with Crippen LogP contribution >= 0.6 is 0 Å². The average molecular weight is 522 g/mol. The maximum atomic E-state index is 10.5. The molecule has 2 heterocycles. The van der Waals surface area contributed by atoms with Crippen molar-refractivity contribution in [1.82, 2.24) is 9.99 Å². The van der Waals surface area contributed by atoms with E-state index in [1.54, 1.807) is 30.5 Å². The van der Waals surface area contributed by atoms with Crippen LogP contribution in [-0.2, 0) is 20.2 Å². The van der Waals surface area contributed by atoms with Gasteiger partial charge in [-0.05, 0) is 63.1 Å². The second kappa shape index (κ2) is 13.3. The number of anilines is 1. The molecule has 0 spiro atoms. The number of nitrogens with one attached hydrogen (secondary N) is 1. The van der Waals surface area contributed by atoms with Crippen LogP contribution < -0.4 is 5.43 Å². The van der Waals surface area contributed by atoms with Gasteiger partial charge in [0.05, 0.1) is 21.7 Å². The summed E-state index contributed by atoms with van der Waals surface area (Å²) in [6, 6.07) is 16.0. The Hall–Kier alpha value is -2.83. The van der Waals surface area contributed by atoms with Crippen LogP contribution in [-0.4, -0.2) is 49.0 Å². The second-order valence-corrected chi connectivity index (χ2v) is 10.8. The maximum absolute atomic E-state index is 10.5. The standard InChI is InChI=1S/C10H15N3.2C7H8O3S/c1-2-7-13(8-3-1)12-10-5-4-6-11-9-10;2*1-6-2-4-7(5-3-6)11(8,9)10/h4-6,9,12H,1-3,7-8H2;2*2-5H,1H3,(H,8,9,10). The summed E-state index contributed by atoms with van der Waals surface area (Å²) < 4.78 is 59.1. The molecule has 9 nitrogen and oxygen atoms in total. The molecule has 1 saturated heterocycles. The van der Waals surface area contributed by atoms with E-state index in [9.17, 15) is 16.8 Å². The van der Waals surface area contributed by atoms with Crippen LogP contribution in [0.3, 0.4) is 0 Å². The van der Waals surface area contributed by atoms with E-state index in [1.165, 1.54) is 43.5 Å². The molecule has 11 heteroatoms. The average Bonchev–Trinajstić information content (AvgIpc) is 2.81. The van der Waals surface area contributed by atoms with Gasteiger partial charge in [0.2, 0.25) is 0 Å². The summed E-state index contributed by atoms with van der Waals surface area (Å²) in [5.41, 5.74) is 6.35. The first-order valence-electron chi connectivity index (χ1n) is 10.9. The van der Waals surface area contributed by atoms with Gasteiger partial charge in [0, 0.05) is 19.3 Å². The van der Waals surface area contributed by atoms with Crippen molar-refractivity contribution in [3.8, 4) is 0 Å². The van der Waals surface area contributed by atoms with Crippen molar-refractivity contribution < 1.29 is 25.9 Å². The Morgan fingerprint density at radius 1 is 0.743 bits per heavy atom. The lowest BCUT2D eigenvalue weighted by Crippen LogP contribution is -2.34. The summed E-state index contributed by atoms with van der Waals surface area (Å²) >= 11 is 0. The molecule has 3 N–H and O–H groups in total. The number of aryl methyl sites for hydroxylation is 2. The van der Waals surface area contributed by atoms with Gasteiger partial charge in [0.25, 0.3) is 20.2 Å². The lowest BCUT2D eigenvalue weighted by atomic mass is 10.2.